The molecule has 2 aromatic rings. The summed E-state index contributed by atoms with van der Waals surface area (Å²) in [7, 11) is 0. The molecule has 1 aromatic heterocycles. The summed E-state index contributed by atoms with van der Waals surface area (Å²) in [6, 6.07) is 9.01. The number of nitrogens with zero attached hydrogens (tertiary/aromatic N) is 2. The smallest absolute Gasteiger partial charge is 0.274 e. The second-order valence-electron chi connectivity index (χ2n) is 6.45. The molecule has 1 aromatic carbocycles. The summed E-state index contributed by atoms with van der Waals surface area (Å²) < 4.78 is 13.2. The lowest BCUT2D eigenvalue weighted by Gasteiger charge is -2.35. The van der Waals surface area contributed by atoms with Gasteiger partial charge in [-0.25, -0.2) is 4.39 Å². The van der Waals surface area contributed by atoms with Gasteiger partial charge in [-0.3, -0.25) is 14.6 Å². The van der Waals surface area contributed by atoms with Crippen LogP contribution < -0.4 is 5.32 Å². The number of hydrogen-bond donors (Lipinski definition) is 1. The number of carbonyl (C=O) groups is 2. The number of rotatable bonds is 4. The highest BCUT2D eigenvalue weighted by Crippen LogP contribution is 2.22. The Balaban J connectivity index is 1.77. The van der Waals surface area contributed by atoms with Gasteiger partial charge in [0.05, 0.1) is 0 Å². The molecular weight excluding hydrogens is 333 g/mol. The molecule has 1 unspecified atom stereocenters. The van der Waals surface area contributed by atoms with E-state index in [-0.39, 0.29) is 17.6 Å². The van der Waals surface area contributed by atoms with Crippen LogP contribution >= 0.6 is 0 Å². The van der Waals surface area contributed by atoms with Crippen LogP contribution in [-0.2, 0) is 0 Å². The highest BCUT2D eigenvalue weighted by atomic mass is 19.1. The van der Waals surface area contributed by atoms with Crippen molar-refractivity contribution in [1.29, 1.82) is 0 Å². The summed E-state index contributed by atoms with van der Waals surface area (Å²) in [5.74, 6) is -0.981. The third kappa shape index (κ3) is 4.07. The van der Waals surface area contributed by atoms with Crippen LogP contribution in [0.25, 0.3) is 0 Å². The van der Waals surface area contributed by atoms with Gasteiger partial charge in [-0.2, -0.15) is 0 Å². The quantitative estimate of drug-likeness (QED) is 0.905. The normalized spacial score (nSPS) is 17.0. The molecule has 1 N–H and O–H groups in total. The fourth-order valence-electron chi connectivity index (χ4n) is 3.31. The molecule has 2 amide bonds. The van der Waals surface area contributed by atoms with E-state index in [0.717, 1.165) is 32.2 Å². The molecule has 0 saturated carbocycles. The van der Waals surface area contributed by atoms with Gasteiger partial charge in [-0.1, -0.05) is 13.0 Å². The van der Waals surface area contributed by atoms with E-state index in [1.807, 2.05) is 4.90 Å². The van der Waals surface area contributed by atoms with Gasteiger partial charge in [0.25, 0.3) is 11.8 Å². The third-order valence-corrected chi connectivity index (χ3v) is 4.68. The predicted molar refractivity (Wildman–Crippen MR) is 97.6 cm³/mol. The Labute approximate surface area is 152 Å². The van der Waals surface area contributed by atoms with Crippen molar-refractivity contribution in [2.24, 2.45) is 0 Å². The van der Waals surface area contributed by atoms with Crippen LogP contribution in [0.3, 0.4) is 0 Å². The largest absolute Gasteiger partial charge is 0.336 e. The van der Waals surface area contributed by atoms with E-state index in [1.54, 1.807) is 12.1 Å². The number of anilines is 1. The molecule has 6 heteroatoms. The molecule has 1 fully saturated rings. The van der Waals surface area contributed by atoms with E-state index in [1.165, 1.54) is 30.5 Å². The summed E-state index contributed by atoms with van der Waals surface area (Å²) in [4.78, 5) is 31.2. The zero-order valence-corrected chi connectivity index (χ0v) is 14.7. The van der Waals surface area contributed by atoms with Crippen LogP contribution in [0, 0.1) is 5.82 Å². The Morgan fingerprint density at radius 3 is 2.88 bits per heavy atom. The fraction of sp³-hybridized carbons (Fsp3) is 0.350. The van der Waals surface area contributed by atoms with Gasteiger partial charge in [0.1, 0.15) is 11.5 Å². The van der Waals surface area contributed by atoms with Crippen molar-refractivity contribution in [1.82, 2.24) is 9.88 Å². The van der Waals surface area contributed by atoms with Crippen molar-refractivity contribution >= 4 is 17.5 Å². The molecule has 1 aliphatic rings. The maximum atomic E-state index is 13.2. The lowest BCUT2D eigenvalue weighted by atomic mass is 9.99. The summed E-state index contributed by atoms with van der Waals surface area (Å²) in [6.07, 6.45) is 5.53. The van der Waals surface area contributed by atoms with Crippen LogP contribution in [0.4, 0.5) is 10.1 Å². The molecule has 5 nitrogen and oxygen atoms in total. The molecule has 1 saturated heterocycles. The molecular formula is C20H22FN3O2. The van der Waals surface area contributed by atoms with Gasteiger partial charge in [-0.05, 0) is 56.0 Å². The number of pyridine rings is 1. The van der Waals surface area contributed by atoms with Crippen LogP contribution in [0.15, 0.2) is 42.6 Å². The zero-order chi connectivity index (χ0) is 18.5. The first-order valence-corrected chi connectivity index (χ1v) is 8.92. The third-order valence-electron chi connectivity index (χ3n) is 4.68. The van der Waals surface area contributed by atoms with Gasteiger partial charge in [0.2, 0.25) is 0 Å². The van der Waals surface area contributed by atoms with E-state index in [0.29, 0.717) is 11.3 Å². The number of amides is 2. The first kappa shape index (κ1) is 18.0. The molecule has 26 heavy (non-hydrogen) atoms. The van der Waals surface area contributed by atoms with Gasteiger partial charge >= 0.3 is 0 Å². The summed E-state index contributed by atoms with van der Waals surface area (Å²) >= 11 is 0. The topological polar surface area (TPSA) is 62.3 Å². The van der Waals surface area contributed by atoms with Crippen molar-refractivity contribution in [3.05, 3.63) is 59.7 Å². The number of halogens is 1. The van der Waals surface area contributed by atoms with Crippen molar-refractivity contribution < 1.29 is 14.0 Å². The SMILES string of the molecule is CCC1CCCCN1C(=O)c1ccnc(C(=O)Nc2cccc(F)c2)c1. The molecule has 0 radical (unpaired) electrons. The fourth-order valence-corrected chi connectivity index (χ4v) is 3.31. The van der Waals surface area contributed by atoms with Crippen molar-refractivity contribution in [3.63, 3.8) is 0 Å². The van der Waals surface area contributed by atoms with E-state index >= 15 is 0 Å². The lowest BCUT2D eigenvalue weighted by Crippen LogP contribution is -2.43. The Morgan fingerprint density at radius 2 is 2.12 bits per heavy atom. The molecule has 0 aliphatic carbocycles. The van der Waals surface area contributed by atoms with Gasteiger partial charge in [0, 0.05) is 30.0 Å². The molecule has 0 spiro atoms. The van der Waals surface area contributed by atoms with Gasteiger partial charge in [-0.15, -0.1) is 0 Å². The Hall–Kier alpha value is -2.76. The van der Waals surface area contributed by atoms with Crippen LogP contribution in [0.1, 0.15) is 53.5 Å². The number of aromatic nitrogens is 1. The first-order valence-electron chi connectivity index (χ1n) is 8.92. The van der Waals surface area contributed by atoms with Gasteiger partial charge in [0.15, 0.2) is 0 Å². The standard InChI is InChI=1S/C20H22FN3O2/c1-2-17-8-3-4-11-24(17)20(26)14-9-10-22-18(12-14)19(25)23-16-7-5-6-15(21)13-16/h5-7,9-10,12-13,17H,2-4,8,11H2,1H3,(H,23,25). The van der Waals surface area contributed by atoms with E-state index in [9.17, 15) is 14.0 Å². The number of benzene rings is 1. The minimum absolute atomic E-state index is 0.0706. The van der Waals surface area contributed by atoms with Gasteiger partial charge < -0.3 is 10.2 Å². The zero-order valence-electron chi connectivity index (χ0n) is 14.7. The second-order valence-corrected chi connectivity index (χ2v) is 6.45. The maximum Gasteiger partial charge on any atom is 0.274 e. The Kier molecular flexibility index (Phi) is 5.61. The number of nitrogens with one attached hydrogen (secondary N) is 1. The van der Waals surface area contributed by atoms with Crippen LogP contribution in [0.5, 0.6) is 0 Å². The minimum atomic E-state index is -0.476. The average Bonchev–Trinajstić information content (AvgIpc) is 2.67. The summed E-state index contributed by atoms with van der Waals surface area (Å²) in [6.45, 7) is 2.82. The number of likely N-dealkylation sites (tertiary alicyclic amines) is 1. The van der Waals surface area contributed by atoms with Crippen molar-refractivity contribution in [2.75, 3.05) is 11.9 Å². The highest BCUT2D eigenvalue weighted by Gasteiger charge is 2.26. The molecule has 2 heterocycles. The molecule has 0 bridgehead atoms. The number of hydrogen-bond acceptors (Lipinski definition) is 3. The average molecular weight is 355 g/mol. The van der Waals surface area contributed by atoms with E-state index in [4.69, 9.17) is 0 Å². The first-order chi connectivity index (χ1) is 12.6. The lowest BCUT2D eigenvalue weighted by molar-refractivity contribution is 0.0608. The monoisotopic (exact) mass is 355 g/mol. The Bertz CT molecular complexity index is 809. The van der Waals surface area contributed by atoms with E-state index in [2.05, 4.69) is 17.2 Å². The number of piperidine rings is 1. The maximum absolute atomic E-state index is 13.2. The Morgan fingerprint density at radius 1 is 1.27 bits per heavy atom. The predicted octanol–water partition coefficient (Wildman–Crippen LogP) is 3.88. The molecule has 1 atom stereocenters. The van der Waals surface area contributed by atoms with Crippen LogP contribution in [0.2, 0.25) is 0 Å². The van der Waals surface area contributed by atoms with Crippen molar-refractivity contribution in [3.8, 4) is 0 Å². The minimum Gasteiger partial charge on any atom is -0.336 e. The number of carbonyl (C=O) groups excluding carboxylic acids is 2. The summed E-state index contributed by atoms with van der Waals surface area (Å²) in [5, 5.41) is 2.60. The van der Waals surface area contributed by atoms with E-state index < -0.39 is 11.7 Å². The molecule has 1 aliphatic heterocycles. The molecule has 3 rings (SSSR count). The highest BCUT2D eigenvalue weighted by molar-refractivity contribution is 6.04. The molecule has 136 valence electrons. The second kappa shape index (κ2) is 8.08. The van der Waals surface area contributed by atoms with Crippen molar-refractivity contribution in [2.45, 2.75) is 38.6 Å². The van der Waals surface area contributed by atoms with Crippen LogP contribution in [-0.4, -0.2) is 34.3 Å². The summed E-state index contributed by atoms with van der Waals surface area (Å²) in [5.41, 5.74) is 0.922.